The van der Waals surface area contributed by atoms with Crippen molar-refractivity contribution in [2.24, 2.45) is 0 Å². The monoisotopic (exact) mass is 201 g/mol. The summed E-state index contributed by atoms with van der Waals surface area (Å²) in [7, 11) is 0. The smallest absolute Gasteiger partial charge is 0.198 e. The minimum atomic E-state index is 0.546. The van der Waals surface area contributed by atoms with Gasteiger partial charge in [-0.3, -0.25) is 0 Å². The van der Waals surface area contributed by atoms with E-state index in [1.165, 1.54) is 5.56 Å². The number of furan rings is 1. The lowest BCUT2D eigenvalue weighted by Crippen LogP contribution is -2.31. The first-order chi connectivity index (χ1) is 7.43. The number of ether oxygens (including phenoxy) is 1. The maximum Gasteiger partial charge on any atom is 0.198 e. The fraction of sp³-hybridized carbons (Fsp3) is 0.167. The number of anilines is 1. The van der Waals surface area contributed by atoms with Gasteiger partial charge >= 0.3 is 0 Å². The van der Waals surface area contributed by atoms with Crippen LogP contribution in [0, 0.1) is 0 Å². The van der Waals surface area contributed by atoms with Crippen LogP contribution in [0.25, 0.3) is 0 Å². The van der Waals surface area contributed by atoms with Crippen LogP contribution in [0.3, 0.4) is 0 Å². The van der Waals surface area contributed by atoms with Gasteiger partial charge in [0.2, 0.25) is 0 Å². The van der Waals surface area contributed by atoms with Crippen molar-refractivity contribution in [3.63, 3.8) is 0 Å². The summed E-state index contributed by atoms with van der Waals surface area (Å²) in [5, 5.41) is 0. The Morgan fingerprint density at radius 2 is 2.00 bits per heavy atom. The molecule has 1 aromatic heterocycles. The normalized spacial score (nSPS) is 14.5. The van der Waals surface area contributed by atoms with Crippen LogP contribution in [-0.4, -0.2) is 6.73 Å². The van der Waals surface area contributed by atoms with Crippen LogP contribution in [0.15, 0.2) is 47.1 Å². The van der Waals surface area contributed by atoms with E-state index >= 15 is 0 Å². The van der Waals surface area contributed by atoms with Gasteiger partial charge in [0.05, 0.1) is 12.8 Å². The summed E-state index contributed by atoms with van der Waals surface area (Å²) in [5.74, 6) is 1.82. The summed E-state index contributed by atoms with van der Waals surface area (Å²) < 4.78 is 11.0. The Morgan fingerprint density at radius 3 is 2.87 bits per heavy atom. The van der Waals surface area contributed by atoms with Gasteiger partial charge in [-0.1, -0.05) is 18.2 Å². The predicted molar refractivity (Wildman–Crippen MR) is 56.8 cm³/mol. The molecule has 0 saturated heterocycles. The van der Waals surface area contributed by atoms with E-state index in [2.05, 4.69) is 11.0 Å². The van der Waals surface area contributed by atoms with Gasteiger partial charge in [-0.2, -0.15) is 0 Å². The SMILES string of the molecule is c1coc(N2COc3ccccc3C2)c1. The number of hydrogen-bond acceptors (Lipinski definition) is 3. The Hall–Kier alpha value is -1.90. The van der Waals surface area contributed by atoms with E-state index < -0.39 is 0 Å². The third kappa shape index (κ3) is 1.46. The Labute approximate surface area is 87.9 Å². The zero-order chi connectivity index (χ0) is 10.1. The highest BCUT2D eigenvalue weighted by atomic mass is 16.5. The number of benzene rings is 1. The number of fused-ring (bicyclic) bond motifs is 1. The Kier molecular flexibility index (Phi) is 1.88. The third-order valence-corrected chi connectivity index (χ3v) is 2.53. The van der Waals surface area contributed by atoms with E-state index in [-0.39, 0.29) is 0 Å². The predicted octanol–water partition coefficient (Wildman–Crippen LogP) is 2.64. The second-order valence-electron chi connectivity index (χ2n) is 3.53. The van der Waals surface area contributed by atoms with Gasteiger partial charge in [0.25, 0.3) is 0 Å². The van der Waals surface area contributed by atoms with E-state index in [9.17, 15) is 0 Å². The lowest BCUT2D eigenvalue weighted by Gasteiger charge is -2.28. The van der Waals surface area contributed by atoms with Gasteiger partial charge in [-0.05, 0) is 12.1 Å². The number of nitrogens with zero attached hydrogens (tertiary/aromatic N) is 1. The molecule has 0 bridgehead atoms. The second-order valence-corrected chi connectivity index (χ2v) is 3.53. The summed E-state index contributed by atoms with van der Waals surface area (Å²) >= 11 is 0. The number of para-hydroxylation sites is 1. The summed E-state index contributed by atoms with van der Waals surface area (Å²) in [6.45, 7) is 1.38. The molecule has 0 spiro atoms. The Bertz CT molecular complexity index is 450. The molecule has 2 aromatic rings. The Morgan fingerprint density at radius 1 is 1.07 bits per heavy atom. The van der Waals surface area contributed by atoms with Gasteiger partial charge in [0.1, 0.15) is 5.75 Å². The molecule has 1 aromatic carbocycles. The molecule has 0 saturated carbocycles. The van der Waals surface area contributed by atoms with Crippen molar-refractivity contribution in [2.45, 2.75) is 6.54 Å². The highest BCUT2D eigenvalue weighted by molar-refractivity contribution is 5.43. The minimum Gasteiger partial charge on any atom is -0.473 e. The van der Waals surface area contributed by atoms with Crippen molar-refractivity contribution < 1.29 is 9.15 Å². The molecule has 3 nitrogen and oxygen atoms in total. The van der Waals surface area contributed by atoms with E-state index in [0.717, 1.165) is 18.2 Å². The van der Waals surface area contributed by atoms with E-state index in [1.807, 2.05) is 30.3 Å². The zero-order valence-corrected chi connectivity index (χ0v) is 8.22. The maximum absolute atomic E-state index is 5.63. The van der Waals surface area contributed by atoms with E-state index in [4.69, 9.17) is 9.15 Å². The van der Waals surface area contributed by atoms with Crippen LogP contribution in [0.4, 0.5) is 5.88 Å². The molecule has 0 fully saturated rings. The number of hydrogen-bond donors (Lipinski definition) is 0. The first kappa shape index (κ1) is 8.41. The van der Waals surface area contributed by atoms with Crippen LogP contribution in [0.1, 0.15) is 5.56 Å². The topological polar surface area (TPSA) is 25.6 Å². The molecule has 0 unspecified atom stereocenters. The molecule has 0 N–H and O–H groups in total. The van der Waals surface area contributed by atoms with Crippen molar-refractivity contribution in [3.05, 3.63) is 48.2 Å². The molecule has 1 aliphatic rings. The van der Waals surface area contributed by atoms with Crippen molar-refractivity contribution in [1.29, 1.82) is 0 Å². The first-order valence-corrected chi connectivity index (χ1v) is 4.92. The van der Waals surface area contributed by atoms with Crippen molar-refractivity contribution >= 4 is 5.88 Å². The molecule has 0 atom stereocenters. The molecule has 2 heterocycles. The van der Waals surface area contributed by atoms with E-state index in [0.29, 0.717) is 6.73 Å². The molecular weight excluding hydrogens is 190 g/mol. The van der Waals surface area contributed by atoms with Gasteiger partial charge < -0.3 is 14.1 Å². The molecule has 15 heavy (non-hydrogen) atoms. The van der Waals surface area contributed by atoms with Crippen LogP contribution < -0.4 is 9.64 Å². The van der Waals surface area contributed by atoms with E-state index in [1.54, 1.807) is 6.26 Å². The van der Waals surface area contributed by atoms with Crippen LogP contribution in [0.2, 0.25) is 0 Å². The highest BCUT2D eigenvalue weighted by Crippen LogP contribution is 2.27. The summed E-state index contributed by atoms with van der Waals surface area (Å²) in [5.41, 5.74) is 1.19. The van der Waals surface area contributed by atoms with Crippen molar-refractivity contribution in [1.82, 2.24) is 0 Å². The van der Waals surface area contributed by atoms with Crippen molar-refractivity contribution in [3.8, 4) is 5.75 Å². The quantitative estimate of drug-likeness (QED) is 0.709. The molecule has 0 amide bonds. The van der Waals surface area contributed by atoms with Gasteiger partial charge in [-0.25, -0.2) is 0 Å². The first-order valence-electron chi connectivity index (χ1n) is 4.92. The number of rotatable bonds is 1. The average molecular weight is 201 g/mol. The van der Waals surface area contributed by atoms with Crippen molar-refractivity contribution in [2.75, 3.05) is 11.6 Å². The fourth-order valence-electron chi connectivity index (χ4n) is 1.77. The van der Waals surface area contributed by atoms with Gasteiger partial charge in [0.15, 0.2) is 12.6 Å². The molecule has 1 aliphatic heterocycles. The molecule has 3 rings (SSSR count). The summed E-state index contributed by atoms with van der Waals surface area (Å²) in [4.78, 5) is 2.06. The third-order valence-electron chi connectivity index (χ3n) is 2.53. The van der Waals surface area contributed by atoms with Crippen LogP contribution >= 0.6 is 0 Å². The second kappa shape index (κ2) is 3.35. The molecule has 0 radical (unpaired) electrons. The largest absolute Gasteiger partial charge is 0.473 e. The molecule has 0 aliphatic carbocycles. The lowest BCUT2D eigenvalue weighted by molar-refractivity contribution is 0.280. The molecule has 76 valence electrons. The highest BCUT2D eigenvalue weighted by Gasteiger charge is 2.18. The average Bonchev–Trinajstić information content (AvgIpc) is 2.82. The zero-order valence-electron chi connectivity index (χ0n) is 8.22. The summed E-state index contributed by atoms with van der Waals surface area (Å²) in [6.07, 6.45) is 1.68. The summed E-state index contributed by atoms with van der Waals surface area (Å²) in [6, 6.07) is 11.9. The molecule has 3 heteroatoms. The minimum absolute atomic E-state index is 0.546. The standard InChI is InChI=1S/C12H11NO2/c1-2-5-11-10(4-1)8-13(9-15-11)12-6-3-7-14-12/h1-7H,8-9H2. The van der Waals surface area contributed by atoms with Gasteiger partial charge in [-0.15, -0.1) is 0 Å². The lowest BCUT2D eigenvalue weighted by atomic mass is 10.2. The Balaban J connectivity index is 1.89. The van der Waals surface area contributed by atoms with Crippen LogP contribution in [-0.2, 0) is 6.54 Å². The van der Waals surface area contributed by atoms with Gasteiger partial charge in [0, 0.05) is 11.6 Å². The fourth-order valence-corrected chi connectivity index (χ4v) is 1.77. The maximum atomic E-state index is 5.63. The van der Waals surface area contributed by atoms with Crippen LogP contribution in [0.5, 0.6) is 5.75 Å². The molecular formula is C12H11NO2.